The fourth-order valence-electron chi connectivity index (χ4n) is 4.85. The van der Waals surface area contributed by atoms with Crippen molar-refractivity contribution in [2.24, 2.45) is 0 Å². The third-order valence-corrected chi connectivity index (χ3v) is 6.51. The first kappa shape index (κ1) is 20.4. The summed E-state index contributed by atoms with van der Waals surface area (Å²) in [6.07, 6.45) is 0. The summed E-state index contributed by atoms with van der Waals surface area (Å²) in [5.41, 5.74) is 7.76. The summed E-state index contributed by atoms with van der Waals surface area (Å²) in [4.78, 5) is 0. The molecule has 0 unspecified atom stereocenters. The minimum Gasteiger partial charge on any atom is -0.455 e. The van der Waals surface area contributed by atoms with Gasteiger partial charge < -0.3 is 8.83 Å². The van der Waals surface area contributed by atoms with Gasteiger partial charge in [0, 0.05) is 27.5 Å². The highest BCUT2D eigenvalue weighted by Gasteiger charge is 2.19. The first-order valence-electron chi connectivity index (χ1n) is 11.9. The van der Waals surface area contributed by atoms with Gasteiger partial charge in [0.05, 0.1) is 0 Å². The van der Waals surface area contributed by atoms with Crippen molar-refractivity contribution in [1.29, 1.82) is 0 Å². The Balaban J connectivity index is 1.41. The van der Waals surface area contributed by atoms with Crippen LogP contribution in [-0.4, -0.2) is 10.2 Å². The lowest BCUT2D eigenvalue weighted by Gasteiger charge is -2.13. The predicted molar refractivity (Wildman–Crippen MR) is 143 cm³/mol. The highest BCUT2D eigenvalue weighted by atomic mass is 16.4. The van der Waals surface area contributed by atoms with Crippen molar-refractivity contribution in [3.63, 3.8) is 0 Å². The summed E-state index contributed by atoms with van der Waals surface area (Å²) in [5.74, 6) is 0.988. The number of benzene rings is 5. The lowest BCUT2D eigenvalue weighted by molar-refractivity contribution is 0.585. The molecular formula is C32H20N2O2. The smallest absolute Gasteiger partial charge is 0.248 e. The largest absolute Gasteiger partial charge is 0.455 e. The van der Waals surface area contributed by atoms with Crippen molar-refractivity contribution in [3.8, 4) is 45.2 Å². The second-order valence-corrected chi connectivity index (χ2v) is 8.65. The lowest BCUT2D eigenvalue weighted by atomic mass is 9.91. The molecule has 0 aliphatic rings. The SMILES string of the molecule is c1ccc(-c2nnc(-c3ccccc3-c3ccccc3-c3cccc4c3oc3ccccc34)o2)cc1. The molecule has 170 valence electrons. The van der Waals surface area contributed by atoms with Crippen LogP contribution in [0.1, 0.15) is 0 Å². The molecule has 0 atom stereocenters. The molecule has 0 aliphatic heterocycles. The second kappa shape index (κ2) is 8.36. The molecular weight excluding hydrogens is 444 g/mol. The van der Waals surface area contributed by atoms with Crippen molar-refractivity contribution in [2.45, 2.75) is 0 Å². The second-order valence-electron chi connectivity index (χ2n) is 8.65. The summed E-state index contributed by atoms with van der Waals surface area (Å²) in [6, 6.07) is 40.8. The van der Waals surface area contributed by atoms with Gasteiger partial charge in [-0.3, -0.25) is 0 Å². The van der Waals surface area contributed by atoms with Crippen LogP contribution in [0, 0.1) is 0 Å². The molecule has 0 fully saturated rings. The maximum Gasteiger partial charge on any atom is 0.248 e. The van der Waals surface area contributed by atoms with Gasteiger partial charge in [-0.2, -0.15) is 0 Å². The Morgan fingerprint density at radius 3 is 1.75 bits per heavy atom. The molecule has 7 rings (SSSR count). The van der Waals surface area contributed by atoms with Crippen LogP contribution in [0.3, 0.4) is 0 Å². The molecule has 0 spiro atoms. The van der Waals surface area contributed by atoms with Gasteiger partial charge in [0.25, 0.3) is 0 Å². The zero-order valence-electron chi connectivity index (χ0n) is 19.3. The number of hydrogen-bond acceptors (Lipinski definition) is 4. The van der Waals surface area contributed by atoms with Gasteiger partial charge in [0.2, 0.25) is 11.8 Å². The van der Waals surface area contributed by atoms with Crippen LogP contribution in [0.5, 0.6) is 0 Å². The molecule has 0 aliphatic carbocycles. The van der Waals surface area contributed by atoms with Gasteiger partial charge in [-0.05, 0) is 41.0 Å². The van der Waals surface area contributed by atoms with Crippen LogP contribution in [0.25, 0.3) is 67.1 Å². The van der Waals surface area contributed by atoms with E-state index in [-0.39, 0.29) is 0 Å². The Kier molecular flexibility index (Phi) is 4.74. The van der Waals surface area contributed by atoms with Gasteiger partial charge in [-0.25, -0.2) is 0 Å². The quantitative estimate of drug-likeness (QED) is 0.262. The van der Waals surface area contributed by atoms with E-state index in [1.165, 1.54) is 0 Å². The van der Waals surface area contributed by atoms with Crippen molar-refractivity contribution in [2.75, 3.05) is 0 Å². The average Bonchev–Trinajstić information content (AvgIpc) is 3.59. The Morgan fingerprint density at radius 1 is 0.389 bits per heavy atom. The summed E-state index contributed by atoms with van der Waals surface area (Å²) in [5, 5.41) is 10.9. The van der Waals surface area contributed by atoms with E-state index in [0.29, 0.717) is 11.8 Å². The van der Waals surface area contributed by atoms with E-state index < -0.39 is 0 Å². The molecule has 4 heteroatoms. The molecule has 0 amide bonds. The number of furan rings is 1. The van der Waals surface area contributed by atoms with Crippen molar-refractivity contribution >= 4 is 21.9 Å². The van der Waals surface area contributed by atoms with Crippen LogP contribution < -0.4 is 0 Å². The fraction of sp³-hybridized carbons (Fsp3) is 0. The van der Waals surface area contributed by atoms with Crippen molar-refractivity contribution < 1.29 is 8.83 Å². The Morgan fingerprint density at radius 2 is 0.944 bits per heavy atom. The van der Waals surface area contributed by atoms with E-state index in [4.69, 9.17) is 8.83 Å². The van der Waals surface area contributed by atoms with Crippen LogP contribution >= 0.6 is 0 Å². The third kappa shape index (κ3) is 3.31. The van der Waals surface area contributed by atoms with Gasteiger partial charge in [-0.15, -0.1) is 10.2 Å². The van der Waals surface area contributed by atoms with Crippen LogP contribution in [0.2, 0.25) is 0 Å². The molecule has 0 saturated heterocycles. The number of para-hydroxylation sites is 2. The van der Waals surface area contributed by atoms with E-state index in [9.17, 15) is 0 Å². The molecule has 0 saturated carbocycles. The van der Waals surface area contributed by atoms with Gasteiger partial charge >= 0.3 is 0 Å². The highest BCUT2D eigenvalue weighted by molar-refractivity contribution is 6.10. The molecule has 0 bridgehead atoms. The van der Waals surface area contributed by atoms with Gasteiger partial charge in [0.15, 0.2) is 0 Å². The maximum atomic E-state index is 6.36. The van der Waals surface area contributed by atoms with Crippen LogP contribution in [0.15, 0.2) is 130 Å². The standard InChI is InChI=1S/C32H20N2O2/c1-2-11-21(12-3-1)31-33-34-32(36-31)28-17-7-6-15-24(28)22-13-4-5-14-23(22)26-18-10-19-27-25-16-8-9-20-29(25)35-30(26)27/h1-20H. The zero-order chi connectivity index (χ0) is 23.9. The summed E-state index contributed by atoms with van der Waals surface area (Å²) in [7, 11) is 0. The molecule has 36 heavy (non-hydrogen) atoms. The van der Waals surface area contributed by atoms with Gasteiger partial charge in [-0.1, -0.05) is 97.1 Å². The minimum atomic E-state index is 0.487. The number of nitrogens with zero attached hydrogens (tertiary/aromatic N) is 2. The topological polar surface area (TPSA) is 52.1 Å². The molecule has 4 nitrogen and oxygen atoms in total. The van der Waals surface area contributed by atoms with E-state index in [1.807, 2.05) is 66.7 Å². The normalized spacial score (nSPS) is 11.3. The van der Waals surface area contributed by atoms with Crippen LogP contribution in [0.4, 0.5) is 0 Å². The van der Waals surface area contributed by atoms with Crippen molar-refractivity contribution in [1.82, 2.24) is 10.2 Å². The van der Waals surface area contributed by atoms with E-state index >= 15 is 0 Å². The number of hydrogen-bond donors (Lipinski definition) is 0. The number of rotatable bonds is 4. The van der Waals surface area contributed by atoms with E-state index in [2.05, 4.69) is 64.8 Å². The first-order chi connectivity index (χ1) is 17.9. The summed E-state index contributed by atoms with van der Waals surface area (Å²) >= 11 is 0. The van der Waals surface area contributed by atoms with Gasteiger partial charge in [0.1, 0.15) is 11.2 Å². The average molecular weight is 465 g/mol. The van der Waals surface area contributed by atoms with E-state index in [0.717, 1.165) is 55.3 Å². The molecule has 2 heterocycles. The maximum absolute atomic E-state index is 6.36. The molecule has 5 aromatic carbocycles. The Labute approximate surface area is 207 Å². The monoisotopic (exact) mass is 464 g/mol. The highest BCUT2D eigenvalue weighted by Crippen LogP contribution is 2.42. The van der Waals surface area contributed by atoms with Crippen molar-refractivity contribution in [3.05, 3.63) is 121 Å². The molecule has 0 N–H and O–H groups in total. The van der Waals surface area contributed by atoms with Crippen LogP contribution in [-0.2, 0) is 0 Å². The fourth-order valence-corrected chi connectivity index (χ4v) is 4.85. The lowest BCUT2D eigenvalue weighted by Crippen LogP contribution is -1.89. The number of aromatic nitrogens is 2. The number of fused-ring (bicyclic) bond motifs is 3. The summed E-state index contributed by atoms with van der Waals surface area (Å²) < 4.78 is 12.5. The van der Waals surface area contributed by atoms with E-state index in [1.54, 1.807) is 0 Å². The summed E-state index contributed by atoms with van der Waals surface area (Å²) in [6.45, 7) is 0. The molecule has 0 radical (unpaired) electrons. The predicted octanol–water partition coefficient (Wildman–Crippen LogP) is 8.64. The Hall–Kier alpha value is -4.96. The zero-order valence-corrected chi connectivity index (χ0v) is 19.3. The molecule has 7 aromatic rings. The third-order valence-electron chi connectivity index (χ3n) is 6.51. The minimum absolute atomic E-state index is 0.487. The Bertz CT molecular complexity index is 1850. The molecule has 2 aromatic heterocycles. The first-order valence-corrected chi connectivity index (χ1v) is 11.9.